The van der Waals surface area contributed by atoms with Gasteiger partial charge in [0.25, 0.3) is 0 Å². The quantitative estimate of drug-likeness (QED) is 0.674. The minimum Gasteiger partial charge on any atom is -0.352 e. The Morgan fingerprint density at radius 1 is 1.11 bits per heavy atom. The summed E-state index contributed by atoms with van der Waals surface area (Å²) in [6.45, 7) is 8.41. The third-order valence-electron chi connectivity index (χ3n) is 5.32. The summed E-state index contributed by atoms with van der Waals surface area (Å²) in [5.74, 6) is 0.0227. The van der Waals surface area contributed by atoms with E-state index >= 15 is 0 Å². The molecule has 0 unspecified atom stereocenters. The first kappa shape index (κ1) is 21.9. The summed E-state index contributed by atoms with van der Waals surface area (Å²) in [6.07, 6.45) is 4.50. The molecule has 1 amide bonds. The minimum absolute atomic E-state index is 0.0227. The van der Waals surface area contributed by atoms with Gasteiger partial charge in [0.05, 0.1) is 10.9 Å². The molecular formula is C20H33N3O3S. The number of carbonyl (C=O) groups is 1. The fourth-order valence-corrected chi connectivity index (χ4v) is 5.04. The fraction of sp³-hybridized carbons (Fsp3) is 0.650. The van der Waals surface area contributed by atoms with Crippen LogP contribution in [0.1, 0.15) is 65.0 Å². The molecule has 6 nitrogen and oxygen atoms in total. The molecule has 1 saturated carbocycles. The van der Waals surface area contributed by atoms with Crippen molar-refractivity contribution in [3.05, 3.63) is 29.8 Å². The Balaban J connectivity index is 1.98. The van der Waals surface area contributed by atoms with Crippen LogP contribution in [-0.4, -0.2) is 43.8 Å². The summed E-state index contributed by atoms with van der Waals surface area (Å²) in [6, 6.07) is 6.86. The van der Waals surface area contributed by atoms with E-state index < -0.39 is 10.0 Å². The molecule has 0 bridgehead atoms. The summed E-state index contributed by atoms with van der Waals surface area (Å²) in [7, 11) is -3.44. The maximum atomic E-state index is 12.6. The lowest BCUT2D eigenvalue weighted by Gasteiger charge is -2.22. The second-order valence-corrected chi connectivity index (χ2v) is 9.20. The van der Waals surface area contributed by atoms with Gasteiger partial charge in [0.15, 0.2) is 0 Å². The highest BCUT2D eigenvalue weighted by Crippen LogP contribution is 2.20. The van der Waals surface area contributed by atoms with Gasteiger partial charge >= 0.3 is 0 Å². The van der Waals surface area contributed by atoms with Gasteiger partial charge in [-0.2, -0.15) is 4.31 Å². The Kier molecular flexibility index (Phi) is 7.82. The second-order valence-electron chi connectivity index (χ2n) is 7.26. The van der Waals surface area contributed by atoms with E-state index in [1.54, 1.807) is 12.1 Å². The Hall–Kier alpha value is -1.44. The number of amides is 1. The predicted octanol–water partition coefficient (Wildman–Crippen LogP) is 2.82. The van der Waals surface area contributed by atoms with Crippen molar-refractivity contribution in [2.24, 2.45) is 0 Å². The van der Waals surface area contributed by atoms with Gasteiger partial charge in [0.2, 0.25) is 15.9 Å². The van der Waals surface area contributed by atoms with E-state index in [1.807, 2.05) is 39.8 Å². The molecule has 0 spiro atoms. The highest BCUT2D eigenvalue weighted by molar-refractivity contribution is 7.89. The number of hydrogen-bond acceptors (Lipinski definition) is 4. The van der Waals surface area contributed by atoms with E-state index in [2.05, 4.69) is 10.6 Å². The smallest absolute Gasteiger partial charge is 0.243 e. The number of carbonyl (C=O) groups excluding carboxylic acids is 1. The summed E-state index contributed by atoms with van der Waals surface area (Å²) in [5, 5.41) is 6.40. The van der Waals surface area contributed by atoms with E-state index in [0.29, 0.717) is 24.0 Å². The molecule has 2 N–H and O–H groups in total. The monoisotopic (exact) mass is 395 g/mol. The number of hydrogen-bond donors (Lipinski definition) is 2. The van der Waals surface area contributed by atoms with Crippen molar-refractivity contribution in [1.29, 1.82) is 0 Å². The van der Waals surface area contributed by atoms with Gasteiger partial charge in [-0.15, -0.1) is 0 Å². The van der Waals surface area contributed by atoms with Crippen LogP contribution in [0.2, 0.25) is 0 Å². The van der Waals surface area contributed by atoms with Crippen molar-refractivity contribution in [2.75, 3.05) is 13.1 Å². The summed E-state index contributed by atoms with van der Waals surface area (Å²) in [4.78, 5) is 12.6. The molecule has 2 atom stereocenters. The molecule has 0 radical (unpaired) electrons. The molecule has 1 aliphatic carbocycles. The first-order chi connectivity index (χ1) is 12.8. The van der Waals surface area contributed by atoms with Crippen LogP contribution in [0.25, 0.3) is 0 Å². The molecular weight excluding hydrogens is 362 g/mol. The van der Waals surface area contributed by atoms with Crippen molar-refractivity contribution in [3.63, 3.8) is 0 Å². The largest absolute Gasteiger partial charge is 0.352 e. The lowest BCUT2D eigenvalue weighted by Crippen LogP contribution is -2.46. The van der Waals surface area contributed by atoms with Crippen molar-refractivity contribution >= 4 is 15.9 Å². The fourth-order valence-electron chi connectivity index (χ4n) is 3.58. The first-order valence-electron chi connectivity index (χ1n) is 9.96. The number of rotatable bonds is 9. The van der Waals surface area contributed by atoms with Gasteiger partial charge in [-0.1, -0.05) is 38.8 Å². The summed E-state index contributed by atoms with van der Waals surface area (Å²) in [5.41, 5.74) is 0.953. The van der Waals surface area contributed by atoms with Gasteiger partial charge in [-0.25, -0.2) is 8.42 Å². The van der Waals surface area contributed by atoms with Crippen LogP contribution in [0.3, 0.4) is 0 Å². The third-order valence-corrected chi connectivity index (χ3v) is 7.38. The third kappa shape index (κ3) is 5.53. The SMILES string of the molecule is CCN(CC)S(=O)(=O)c1ccc([C@@H](C)N[C@H](C)C(=O)NC2CCCC2)cc1. The lowest BCUT2D eigenvalue weighted by molar-refractivity contribution is -0.123. The van der Waals surface area contributed by atoms with Gasteiger partial charge in [-0.3, -0.25) is 10.1 Å². The normalized spacial score (nSPS) is 17.8. The van der Waals surface area contributed by atoms with Crippen molar-refractivity contribution < 1.29 is 13.2 Å². The van der Waals surface area contributed by atoms with Crippen molar-refractivity contribution in [2.45, 2.75) is 76.4 Å². The average Bonchev–Trinajstić information content (AvgIpc) is 3.15. The topological polar surface area (TPSA) is 78.5 Å². The molecule has 0 saturated heterocycles. The molecule has 1 aromatic rings. The maximum Gasteiger partial charge on any atom is 0.243 e. The molecule has 0 heterocycles. The van der Waals surface area contributed by atoms with Crippen LogP contribution in [0.5, 0.6) is 0 Å². The molecule has 1 fully saturated rings. The number of nitrogens with zero attached hydrogens (tertiary/aromatic N) is 1. The van der Waals surface area contributed by atoms with E-state index in [4.69, 9.17) is 0 Å². The Labute approximate surface area is 163 Å². The standard InChI is InChI=1S/C20H33N3O3S/c1-5-23(6-2)27(25,26)19-13-11-17(12-14-19)15(3)21-16(4)20(24)22-18-9-7-8-10-18/h11-16,18,21H,5-10H2,1-4H3,(H,22,24)/t15-,16-/m1/s1. The molecule has 2 rings (SSSR count). The molecule has 27 heavy (non-hydrogen) atoms. The number of sulfonamides is 1. The zero-order valence-electron chi connectivity index (χ0n) is 16.9. The number of benzene rings is 1. The lowest BCUT2D eigenvalue weighted by atomic mass is 10.1. The molecule has 1 aliphatic rings. The van der Waals surface area contributed by atoms with Crippen LogP contribution in [-0.2, 0) is 14.8 Å². The van der Waals surface area contributed by atoms with Crippen LogP contribution in [0.15, 0.2) is 29.2 Å². The Morgan fingerprint density at radius 3 is 2.19 bits per heavy atom. The van der Waals surface area contributed by atoms with Gasteiger partial charge in [0.1, 0.15) is 0 Å². The predicted molar refractivity (Wildman–Crippen MR) is 108 cm³/mol. The molecule has 1 aromatic carbocycles. The molecule has 7 heteroatoms. The van der Waals surface area contributed by atoms with E-state index in [1.165, 1.54) is 17.1 Å². The van der Waals surface area contributed by atoms with E-state index in [-0.39, 0.29) is 18.0 Å². The maximum absolute atomic E-state index is 12.6. The highest BCUT2D eigenvalue weighted by Gasteiger charge is 2.23. The van der Waals surface area contributed by atoms with Crippen LogP contribution < -0.4 is 10.6 Å². The first-order valence-corrected chi connectivity index (χ1v) is 11.4. The Morgan fingerprint density at radius 2 is 1.67 bits per heavy atom. The zero-order chi connectivity index (χ0) is 20.0. The van der Waals surface area contributed by atoms with Crippen LogP contribution in [0, 0.1) is 0 Å². The zero-order valence-corrected chi connectivity index (χ0v) is 17.7. The second kappa shape index (κ2) is 9.66. The Bertz CT molecular complexity index is 708. The number of nitrogens with one attached hydrogen (secondary N) is 2. The van der Waals surface area contributed by atoms with Gasteiger partial charge < -0.3 is 5.32 Å². The van der Waals surface area contributed by atoms with E-state index in [0.717, 1.165) is 18.4 Å². The average molecular weight is 396 g/mol. The molecule has 0 aliphatic heterocycles. The van der Waals surface area contributed by atoms with Gasteiger partial charge in [0, 0.05) is 25.2 Å². The highest BCUT2D eigenvalue weighted by atomic mass is 32.2. The van der Waals surface area contributed by atoms with Gasteiger partial charge in [-0.05, 0) is 44.4 Å². The van der Waals surface area contributed by atoms with Crippen molar-refractivity contribution in [1.82, 2.24) is 14.9 Å². The summed E-state index contributed by atoms with van der Waals surface area (Å²) >= 11 is 0. The van der Waals surface area contributed by atoms with Crippen LogP contribution >= 0.6 is 0 Å². The van der Waals surface area contributed by atoms with E-state index in [9.17, 15) is 13.2 Å². The minimum atomic E-state index is -3.44. The molecule has 0 aromatic heterocycles. The molecule has 152 valence electrons. The van der Waals surface area contributed by atoms with Crippen LogP contribution in [0.4, 0.5) is 0 Å². The van der Waals surface area contributed by atoms with Crippen molar-refractivity contribution in [3.8, 4) is 0 Å². The summed E-state index contributed by atoms with van der Waals surface area (Å²) < 4.78 is 26.6.